The summed E-state index contributed by atoms with van der Waals surface area (Å²) in [4.78, 5) is 51.9. The van der Waals surface area contributed by atoms with E-state index in [-0.39, 0.29) is 5.11 Å². The highest BCUT2D eigenvalue weighted by Gasteiger charge is 2.21. The van der Waals surface area contributed by atoms with E-state index in [1.807, 2.05) is 13.8 Å². The van der Waals surface area contributed by atoms with Crippen LogP contribution in [-0.2, 0) is 23.2 Å². The van der Waals surface area contributed by atoms with Crippen molar-refractivity contribution in [2.75, 3.05) is 20.7 Å². The van der Waals surface area contributed by atoms with Gasteiger partial charge in [-0.25, -0.2) is 19.0 Å². The summed E-state index contributed by atoms with van der Waals surface area (Å²) in [6, 6.07) is -1.20. The molecule has 0 aromatic rings. The number of aliphatic carboxylic acids is 2. The zero-order valence-corrected chi connectivity index (χ0v) is 18.6. The summed E-state index contributed by atoms with van der Waals surface area (Å²) in [5.74, 6) is -2.43. The predicted molar refractivity (Wildman–Crippen MR) is 105 cm³/mol. The molecule has 1 unspecified atom stereocenters. The Morgan fingerprint density at radius 1 is 1.11 bits per heavy atom. The summed E-state index contributed by atoms with van der Waals surface area (Å²) in [6.07, 6.45) is -0.513. The second-order valence-corrected chi connectivity index (χ2v) is 7.22. The first-order valence-electron chi connectivity index (χ1n) is 7.44. The number of nitrogens with one attached hydrogen (secondary N) is 3. The number of hydrogen-bond donors (Lipinski definition) is 9. The van der Waals surface area contributed by atoms with Gasteiger partial charge in [-0.3, -0.25) is 9.32 Å². The quantitative estimate of drug-likeness (QED) is 0.167. The van der Waals surface area contributed by atoms with Gasteiger partial charge in [-0.1, -0.05) is 13.8 Å². The Bertz CT molecular complexity index is 516. The largest absolute Gasteiger partial charge is 0.481 e. The van der Waals surface area contributed by atoms with Crippen molar-refractivity contribution in [3.8, 4) is 0 Å². The number of carboxylic acids is 2. The van der Waals surface area contributed by atoms with Crippen molar-refractivity contribution in [2.45, 2.75) is 33.2 Å². The zero-order chi connectivity index (χ0) is 23.6. The van der Waals surface area contributed by atoms with Gasteiger partial charge >= 0.3 is 27.5 Å². The van der Waals surface area contributed by atoms with Gasteiger partial charge in [0.15, 0.2) is 5.11 Å². The lowest BCUT2D eigenvalue weighted by molar-refractivity contribution is -0.145. The molecule has 17 heteroatoms. The lowest BCUT2D eigenvalue weighted by Gasteiger charge is -2.14. The van der Waals surface area contributed by atoms with Crippen molar-refractivity contribution in [2.24, 2.45) is 0 Å². The van der Waals surface area contributed by atoms with Gasteiger partial charge in [0.2, 0.25) is 0 Å². The smallest absolute Gasteiger partial charge is 0.469 e. The molecular formula is C11H29N3O11P2S. The van der Waals surface area contributed by atoms with Gasteiger partial charge < -0.3 is 40.4 Å². The van der Waals surface area contributed by atoms with Crippen LogP contribution in [0.4, 0.5) is 0 Å². The van der Waals surface area contributed by atoms with Gasteiger partial charge in [-0.2, -0.15) is 0 Å². The molecule has 0 aromatic carbocycles. The van der Waals surface area contributed by atoms with Gasteiger partial charge in [0.05, 0.1) is 6.42 Å². The maximum Gasteiger partial charge on any atom is 0.469 e. The number of carbonyl (C=O) groups is 2. The number of phosphoric ester groups is 1. The van der Waals surface area contributed by atoms with Crippen LogP contribution in [0, 0.1) is 0 Å². The average molecular weight is 473 g/mol. The fraction of sp³-hybridized carbons (Fsp3) is 0.727. The van der Waals surface area contributed by atoms with E-state index in [1.165, 1.54) is 7.05 Å². The number of hydrogen-bond acceptors (Lipinski definition) is 6. The fourth-order valence-corrected chi connectivity index (χ4v) is 1.03. The number of phosphoric acid groups is 1. The monoisotopic (exact) mass is 473 g/mol. The molecule has 28 heavy (non-hydrogen) atoms. The van der Waals surface area contributed by atoms with Crippen LogP contribution in [0.15, 0.2) is 0 Å². The summed E-state index contributed by atoms with van der Waals surface area (Å²) < 4.78 is 22.7. The summed E-state index contributed by atoms with van der Waals surface area (Å²) in [7, 11) is -5.90. The highest BCUT2D eigenvalue weighted by atomic mass is 32.1. The normalized spacial score (nSPS) is 11.0. The van der Waals surface area contributed by atoms with Crippen LogP contribution >= 0.6 is 27.8 Å². The Hall–Kier alpha value is -1.15. The molecule has 170 valence electrons. The standard InChI is InChI=1S/C7H12N2O4S.C2H6.CH6NO3P.CH5O4P/c1-2-8-7(14)9-4(6(12)13)3-5(10)11;1-2;1-2-6(3,4)5;1-5-6(2,3)4/h4H,2-3H2,1H3,(H,10,11)(H,12,13)(H2,8,9,14);1-2H3;1H3,(H3,2,3,4,5);1H3,(H2,2,3,4). The van der Waals surface area contributed by atoms with E-state index >= 15 is 0 Å². The third-order valence-corrected chi connectivity index (χ3v) is 3.17. The summed E-state index contributed by atoms with van der Waals surface area (Å²) in [6.45, 7) is 6.34. The van der Waals surface area contributed by atoms with Crippen LogP contribution in [0.1, 0.15) is 27.2 Å². The predicted octanol–water partition coefficient (Wildman–Crippen LogP) is -0.551. The van der Waals surface area contributed by atoms with Crippen molar-refractivity contribution in [3.05, 3.63) is 0 Å². The minimum Gasteiger partial charge on any atom is -0.481 e. The Morgan fingerprint density at radius 2 is 1.46 bits per heavy atom. The molecule has 0 saturated carbocycles. The summed E-state index contributed by atoms with van der Waals surface area (Å²) >= 11 is 4.72. The highest BCUT2D eigenvalue weighted by Crippen LogP contribution is 2.33. The van der Waals surface area contributed by atoms with Crippen LogP contribution in [-0.4, -0.2) is 73.6 Å². The average Bonchev–Trinajstić information content (AvgIpc) is 2.55. The van der Waals surface area contributed by atoms with Gasteiger partial charge in [0.1, 0.15) is 6.04 Å². The molecular weight excluding hydrogens is 444 g/mol. The summed E-state index contributed by atoms with van der Waals surface area (Å²) in [5, 5.41) is 24.0. The van der Waals surface area contributed by atoms with Crippen LogP contribution in [0.25, 0.3) is 0 Å². The molecule has 0 aromatic heterocycles. The third kappa shape index (κ3) is 35.9. The second kappa shape index (κ2) is 19.2. The molecule has 9 N–H and O–H groups in total. The molecule has 0 bridgehead atoms. The molecule has 0 aliphatic rings. The maximum absolute atomic E-state index is 10.6. The van der Waals surface area contributed by atoms with Crippen LogP contribution in [0.3, 0.4) is 0 Å². The van der Waals surface area contributed by atoms with Gasteiger partial charge in [0, 0.05) is 13.7 Å². The minimum atomic E-state index is -4.15. The first kappa shape index (κ1) is 34.4. The molecule has 1 atom stereocenters. The van der Waals surface area contributed by atoms with E-state index in [0.29, 0.717) is 6.54 Å². The van der Waals surface area contributed by atoms with Gasteiger partial charge in [-0.15, -0.1) is 0 Å². The Kier molecular flexibility index (Phi) is 23.5. The Morgan fingerprint density at radius 3 is 1.64 bits per heavy atom. The lowest BCUT2D eigenvalue weighted by atomic mass is 10.2. The molecule has 0 radical (unpaired) electrons. The number of rotatable bonds is 7. The van der Waals surface area contributed by atoms with E-state index < -0.39 is 40.0 Å². The van der Waals surface area contributed by atoms with Crippen LogP contribution in [0.5, 0.6) is 0 Å². The minimum absolute atomic E-state index is 0.140. The van der Waals surface area contributed by atoms with Gasteiger partial charge in [0.25, 0.3) is 0 Å². The molecule has 0 heterocycles. The van der Waals surface area contributed by atoms with E-state index in [4.69, 9.17) is 42.0 Å². The van der Waals surface area contributed by atoms with Crippen molar-refractivity contribution >= 4 is 44.8 Å². The maximum atomic E-state index is 10.6. The van der Waals surface area contributed by atoms with Crippen molar-refractivity contribution in [1.29, 1.82) is 0 Å². The Balaban J connectivity index is -0.000000171. The van der Waals surface area contributed by atoms with Crippen molar-refractivity contribution in [3.63, 3.8) is 0 Å². The van der Waals surface area contributed by atoms with E-state index in [2.05, 4.69) is 15.2 Å². The van der Waals surface area contributed by atoms with E-state index in [0.717, 1.165) is 7.11 Å². The fourth-order valence-electron chi connectivity index (χ4n) is 0.745. The molecule has 0 rings (SSSR count). The van der Waals surface area contributed by atoms with Gasteiger partial charge in [-0.05, 0) is 26.2 Å². The molecule has 0 aliphatic carbocycles. The SMILES string of the molecule is CC.CCNC(=S)NC(CC(=O)O)C(=O)O.CNP(=O)(O)O.COP(=O)(O)O. The Labute approximate surface area is 168 Å². The molecule has 0 saturated heterocycles. The summed E-state index contributed by atoms with van der Waals surface area (Å²) in [5.41, 5.74) is 0. The first-order chi connectivity index (χ1) is 12.6. The topological polar surface area (TPSA) is 235 Å². The van der Waals surface area contributed by atoms with Crippen LogP contribution in [0.2, 0.25) is 0 Å². The number of carboxylic acid groups (broad SMARTS) is 2. The molecule has 0 aliphatic heterocycles. The van der Waals surface area contributed by atoms with Crippen molar-refractivity contribution < 1.29 is 53.0 Å². The molecule has 0 amide bonds. The van der Waals surface area contributed by atoms with Crippen LogP contribution < -0.4 is 15.7 Å². The molecule has 0 fully saturated rings. The molecule has 0 spiro atoms. The highest BCUT2D eigenvalue weighted by molar-refractivity contribution is 7.80. The molecule has 14 nitrogen and oxygen atoms in total. The zero-order valence-electron chi connectivity index (χ0n) is 16.0. The second-order valence-electron chi connectivity index (χ2n) is 3.93. The number of thiocarbonyl (C=S) groups is 1. The van der Waals surface area contributed by atoms with E-state index in [1.54, 1.807) is 12.0 Å². The van der Waals surface area contributed by atoms with E-state index in [9.17, 15) is 18.7 Å². The first-order valence-corrected chi connectivity index (χ1v) is 11.0. The third-order valence-electron chi connectivity index (χ3n) is 1.85. The van der Waals surface area contributed by atoms with Crippen molar-refractivity contribution in [1.82, 2.24) is 15.7 Å². The lowest BCUT2D eigenvalue weighted by Crippen LogP contribution is -2.46.